The highest BCUT2D eigenvalue weighted by molar-refractivity contribution is 5.04. The number of nitrogens with zero attached hydrogens (tertiary/aromatic N) is 1. The molecule has 0 bridgehead atoms. The predicted molar refractivity (Wildman–Crippen MR) is 25.6 cm³/mol. The average Bonchev–Trinajstić information content (AvgIpc) is 2.19. The zero-order valence-corrected chi connectivity index (χ0v) is 4.26. The minimum Gasteiger partial charge on any atom is -0.461 e. The van der Waals surface area contributed by atoms with Crippen molar-refractivity contribution in [2.75, 3.05) is 13.2 Å². The summed E-state index contributed by atoms with van der Waals surface area (Å²) in [6.07, 6.45) is 1.24. The van der Waals surface area contributed by atoms with Crippen LogP contribution in [0.25, 0.3) is 0 Å². The van der Waals surface area contributed by atoms with Crippen LogP contribution >= 0.6 is 0 Å². The van der Waals surface area contributed by atoms with Crippen LogP contribution < -0.4 is 0 Å². The second-order valence-electron chi connectivity index (χ2n) is 1.29. The SMILES string of the molecule is N#CC=C1OCCO1. The molecule has 42 valence electrons. The number of allylic oxidation sites excluding steroid dienone is 1. The first kappa shape index (κ1) is 4.98. The Balaban J connectivity index is 2.48. The van der Waals surface area contributed by atoms with E-state index >= 15 is 0 Å². The maximum absolute atomic E-state index is 8.04. The molecule has 8 heavy (non-hydrogen) atoms. The van der Waals surface area contributed by atoms with E-state index in [0.717, 1.165) is 0 Å². The third kappa shape index (κ3) is 0.909. The molecule has 3 nitrogen and oxygen atoms in total. The summed E-state index contributed by atoms with van der Waals surface area (Å²) < 4.78 is 9.62. The van der Waals surface area contributed by atoms with Crippen molar-refractivity contribution < 1.29 is 9.47 Å². The fourth-order valence-electron chi connectivity index (χ4n) is 0.462. The van der Waals surface area contributed by atoms with Crippen LogP contribution in [0.5, 0.6) is 0 Å². The summed E-state index contributed by atoms with van der Waals surface area (Å²) in [5.41, 5.74) is 0. The molecule has 1 rings (SSSR count). The molecule has 0 amide bonds. The Morgan fingerprint density at radius 1 is 1.50 bits per heavy atom. The topological polar surface area (TPSA) is 42.2 Å². The van der Waals surface area contributed by atoms with Crippen molar-refractivity contribution in [3.63, 3.8) is 0 Å². The summed E-state index contributed by atoms with van der Waals surface area (Å²) in [5, 5.41) is 8.04. The highest BCUT2D eigenvalue weighted by Crippen LogP contribution is 2.05. The quantitative estimate of drug-likeness (QED) is 0.425. The van der Waals surface area contributed by atoms with E-state index in [1.165, 1.54) is 6.08 Å². The average molecular weight is 111 g/mol. The zero-order valence-electron chi connectivity index (χ0n) is 4.26. The lowest BCUT2D eigenvalue weighted by Gasteiger charge is -1.89. The predicted octanol–water partition coefficient (Wildman–Crippen LogP) is 0.398. The van der Waals surface area contributed by atoms with E-state index in [2.05, 4.69) is 0 Å². The van der Waals surface area contributed by atoms with Gasteiger partial charge >= 0.3 is 0 Å². The largest absolute Gasteiger partial charge is 0.461 e. The Morgan fingerprint density at radius 3 is 2.62 bits per heavy atom. The molecule has 0 aliphatic carbocycles. The van der Waals surface area contributed by atoms with Gasteiger partial charge in [0.15, 0.2) is 0 Å². The lowest BCUT2D eigenvalue weighted by Crippen LogP contribution is -1.79. The lowest BCUT2D eigenvalue weighted by molar-refractivity contribution is 0.176. The van der Waals surface area contributed by atoms with Crippen LogP contribution in [0.1, 0.15) is 0 Å². The number of nitriles is 1. The molecule has 0 spiro atoms. The van der Waals surface area contributed by atoms with Gasteiger partial charge in [0, 0.05) is 0 Å². The molecule has 0 atom stereocenters. The minimum atomic E-state index is 0.340. The summed E-state index contributed by atoms with van der Waals surface area (Å²) >= 11 is 0. The molecular weight excluding hydrogens is 106 g/mol. The van der Waals surface area contributed by atoms with Gasteiger partial charge in [-0.2, -0.15) is 5.26 Å². The van der Waals surface area contributed by atoms with Crippen molar-refractivity contribution >= 4 is 0 Å². The molecular formula is C5H5NO2. The molecule has 1 fully saturated rings. The van der Waals surface area contributed by atoms with Crippen molar-refractivity contribution in [1.82, 2.24) is 0 Å². The minimum absolute atomic E-state index is 0.340. The molecule has 0 N–H and O–H groups in total. The van der Waals surface area contributed by atoms with Gasteiger partial charge in [0.25, 0.3) is 5.95 Å². The first-order valence-corrected chi connectivity index (χ1v) is 2.29. The molecule has 1 aliphatic rings. The second kappa shape index (κ2) is 2.22. The Labute approximate surface area is 47.1 Å². The van der Waals surface area contributed by atoms with E-state index in [0.29, 0.717) is 19.2 Å². The van der Waals surface area contributed by atoms with Crippen molar-refractivity contribution in [2.45, 2.75) is 0 Å². The first-order chi connectivity index (χ1) is 3.93. The van der Waals surface area contributed by atoms with E-state index in [4.69, 9.17) is 14.7 Å². The molecule has 0 saturated carbocycles. The van der Waals surface area contributed by atoms with Crippen LogP contribution in [-0.4, -0.2) is 13.2 Å². The van der Waals surface area contributed by atoms with Gasteiger partial charge in [-0.15, -0.1) is 0 Å². The molecule has 3 heteroatoms. The Kier molecular flexibility index (Phi) is 1.38. The fraction of sp³-hybridized carbons (Fsp3) is 0.400. The number of hydrogen-bond acceptors (Lipinski definition) is 3. The molecule has 0 aromatic carbocycles. The number of hydrogen-bond donors (Lipinski definition) is 0. The summed E-state index contributed by atoms with van der Waals surface area (Å²) in [5.74, 6) is 0.340. The first-order valence-electron chi connectivity index (χ1n) is 2.29. The van der Waals surface area contributed by atoms with Crippen LogP contribution in [0, 0.1) is 11.3 Å². The van der Waals surface area contributed by atoms with Crippen LogP contribution in [0.4, 0.5) is 0 Å². The van der Waals surface area contributed by atoms with E-state index in [1.807, 2.05) is 0 Å². The maximum Gasteiger partial charge on any atom is 0.290 e. The van der Waals surface area contributed by atoms with Gasteiger partial charge in [-0.05, 0) is 0 Å². The van der Waals surface area contributed by atoms with Gasteiger partial charge in [0.05, 0.1) is 12.1 Å². The Bertz CT molecular complexity index is 137. The Morgan fingerprint density at radius 2 is 2.12 bits per heavy atom. The fourth-order valence-corrected chi connectivity index (χ4v) is 0.462. The normalized spacial score (nSPS) is 16.1. The monoisotopic (exact) mass is 111 g/mol. The number of rotatable bonds is 0. The molecule has 0 radical (unpaired) electrons. The van der Waals surface area contributed by atoms with E-state index in [-0.39, 0.29) is 0 Å². The van der Waals surface area contributed by atoms with Gasteiger partial charge in [-0.1, -0.05) is 0 Å². The molecule has 1 aliphatic heterocycles. The van der Waals surface area contributed by atoms with E-state index in [9.17, 15) is 0 Å². The van der Waals surface area contributed by atoms with Crippen LogP contribution in [0.15, 0.2) is 12.0 Å². The lowest BCUT2D eigenvalue weighted by atomic mass is 10.7. The van der Waals surface area contributed by atoms with Crippen molar-refractivity contribution in [1.29, 1.82) is 5.26 Å². The van der Waals surface area contributed by atoms with Gasteiger partial charge in [-0.25, -0.2) is 0 Å². The van der Waals surface area contributed by atoms with E-state index < -0.39 is 0 Å². The van der Waals surface area contributed by atoms with Gasteiger partial charge in [0.1, 0.15) is 13.2 Å². The van der Waals surface area contributed by atoms with Gasteiger partial charge in [0.2, 0.25) is 0 Å². The van der Waals surface area contributed by atoms with Crippen LogP contribution in [0.2, 0.25) is 0 Å². The van der Waals surface area contributed by atoms with E-state index in [1.54, 1.807) is 6.07 Å². The molecule has 1 saturated heterocycles. The summed E-state index contributed by atoms with van der Waals surface area (Å²) in [4.78, 5) is 0. The Hall–Kier alpha value is -1.17. The molecule has 0 aromatic rings. The highest BCUT2D eigenvalue weighted by atomic mass is 16.7. The third-order valence-electron chi connectivity index (χ3n) is 0.754. The number of ether oxygens (including phenoxy) is 2. The summed E-state index contributed by atoms with van der Waals surface area (Å²) in [7, 11) is 0. The summed E-state index contributed by atoms with van der Waals surface area (Å²) in [6.45, 7) is 1.13. The summed E-state index contributed by atoms with van der Waals surface area (Å²) in [6, 6.07) is 1.80. The molecule has 1 heterocycles. The van der Waals surface area contributed by atoms with Gasteiger partial charge in [-0.3, -0.25) is 0 Å². The zero-order chi connectivity index (χ0) is 5.82. The van der Waals surface area contributed by atoms with Crippen LogP contribution in [-0.2, 0) is 9.47 Å². The second-order valence-corrected chi connectivity index (χ2v) is 1.29. The van der Waals surface area contributed by atoms with Crippen molar-refractivity contribution in [3.8, 4) is 6.07 Å². The smallest absolute Gasteiger partial charge is 0.290 e. The standard InChI is InChI=1S/C5H5NO2/c6-2-1-5-7-3-4-8-5/h1H,3-4H2. The van der Waals surface area contributed by atoms with Gasteiger partial charge < -0.3 is 9.47 Å². The third-order valence-corrected chi connectivity index (χ3v) is 0.754. The molecule has 0 aromatic heterocycles. The van der Waals surface area contributed by atoms with Crippen molar-refractivity contribution in [2.24, 2.45) is 0 Å². The van der Waals surface area contributed by atoms with Crippen molar-refractivity contribution in [3.05, 3.63) is 12.0 Å². The maximum atomic E-state index is 8.04. The molecule has 0 unspecified atom stereocenters. The highest BCUT2D eigenvalue weighted by Gasteiger charge is 2.05. The van der Waals surface area contributed by atoms with Crippen LogP contribution in [0.3, 0.4) is 0 Å².